The van der Waals surface area contributed by atoms with E-state index in [-0.39, 0.29) is 0 Å². The third-order valence-electron chi connectivity index (χ3n) is 3.43. The number of aromatic amines is 1. The van der Waals surface area contributed by atoms with E-state index in [0.29, 0.717) is 9.67 Å². The summed E-state index contributed by atoms with van der Waals surface area (Å²) in [5, 5.41) is 0. The van der Waals surface area contributed by atoms with Crippen molar-refractivity contribution in [2.24, 2.45) is 0 Å². The van der Waals surface area contributed by atoms with Gasteiger partial charge in [-0.1, -0.05) is 12.1 Å². The predicted octanol–water partition coefficient (Wildman–Crippen LogP) is 3.40. The summed E-state index contributed by atoms with van der Waals surface area (Å²) in [7, 11) is -3.19. The molecule has 1 heterocycles. The maximum absolute atomic E-state index is 11.5. The number of nitrogens with one attached hydrogen (secondary N) is 1. The van der Waals surface area contributed by atoms with Gasteiger partial charge < -0.3 is 4.98 Å². The predicted molar refractivity (Wildman–Crippen MR) is 86.3 cm³/mol. The first-order valence-corrected chi connectivity index (χ1v) is 8.69. The smallest absolute Gasteiger partial charge is 0.182 e. The lowest BCUT2D eigenvalue weighted by molar-refractivity contribution is 0.602. The summed E-state index contributed by atoms with van der Waals surface area (Å²) >= 11 is 5.39. The molecule has 0 saturated carbocycles. The molecular formula is C15H14N2O2S2. The molecule has 0 amide bonds. The molecule has 0 aliphatic carbocycles. The molecule has 0 atom stereocenters. The van der Waals surface area contributed by atoms with Crippen LogP contribution in [0.5, 0.6) is 0 Å². The van der Waals surface area contributed by atoms with Crippen molar-refractivity contribution in [1.29, 1.82) is 0 Å². The van der Waals surface area contributed by atoms with Gasteiger partial charge in [0.15, 0.2) is 14.6 Å². The number of sulfone groups is 1. The molecule has 0 radical (unpaired) electrons. The van der Waals surface area contributed by atoms with Gasteiger partial charge in [0.2, 0.25) is 0 Å². The van der Waals surface area contributed by atoms with Crippen LogP contribution in [0.25, 0.3) is 16.7 Å². The van der Waals surface area contributed by atoms with Crippen LogP contribution in [0.4, 0.5) is 0 Å². The van der Waals surface area contributed by atoms with E-state index in [4.69, 9.17) is 12.2 Å². The maximum atomic E-state index is 11.5. The van der Waals surface area contributed by atoms with Gasteiger partial charge in [0.05, 0.1) is 15.9 Å². The van der Waals surface area contributed by atoms with E-state index in [1.54, 1.807) is 24.3 Å². The summed E-state index contributed by atoms with van der Waals surface area (Å²) in [5.41, 5.74) is 3.92. The van der Waals surface area contributed by atoms with Gasteiger partial charge in [-0.2, -0.15) is 0 Å². The van der Waals surface area contributed by atoms with E-state index in [2.05, 4.69) is 4.98 Å². The van der Waals surface area contributed by atoms with Crippen LogP contribution in [0.1, 0.15) is 5.56 Å². The average molecular weight is 318 g/mol. The topological polar surface area (TPSA) is 54.9 Å². The van der Waals surface area contributed by atoms with Gasteiger partial charge in [-0.15, -0.1) is 0 Å². The fraction of sp³-hybridized carbons (Fsp3) is 0.133. The van der Waals surface area contributed by atoms with Crippen LogP contribution in [0.15, 0.2) is 47.4 Å². The Labute approximate surface area is 128 Å². The molecule has 0 fully saturated rings. The zero-order chi connectivity index (χ0) is 15.2. The first-order chi connectivity index (χ1) is 9.88. The number of para-hydroxylation sites is 1. The van der Waals surface area contributed by atoms with E-state index in [1.807, 2.05) is 29.7 Å². The third kappa shape index (κ3) is 2.41. The van der Waals surface area contributed by atoms with Crippen molar-refractivity contribution in [3.63, 3.8) is 0 Å². The number of aromatic nitrogens is 2. The molecule has 0 bridgehead atoms. The molecule has 0 unspecified atom stereocenters. The zero-order valence-electron chi connectivity index (χ0n) is 11.6. The van der Waals surface area contributed by atoms with E-state index >= 15 is 0 Å². The Morgan fingerprint density at radius 2 is 1.76 bits per heavy atom. The van der Waals surface area contributed by atoms with E-state index < -0.39 is 9.84 Å². The Bertz CT molecular complexity index is 981. The van der Waals surface area contributed by atoms with Gasteiger partial charge in [-0.05, 0) is 55.0 Å². The second-order valence-electron chi connectivity index (χ2n) is 5.00. The summed E-state index contributed by atoms with van der Waals surface area (Å²) in [6.45, 7) is 2.02. The summed E-state index contributed by atoms with van der Waals surface area (Å²) in [6, 6.07) is 12.7. The summed E-state index contributed by atoms with van der Waals surface area (Å²) in [4.78, 5) is 3.47. The standard InChI is InChI=1S/C15H14N2O2S2/c1-10-4-3-5-13-14(10)17(15(20)16-13)11-6-8-12(9-7-11)21(2,18)19/h3-9H,1-2H3,(H,16,20). The van der Waals surface area contributed by atoms with E-state index in [1.165, 1.54) is 6.26 Å². The van der Waals surface area contributed by atoms with Crippen LogP contribution in [0.2, 0.25) is 0 Å². The molecule has 6 heteroatoms. The molecule has 108 valence electrons. The van der Waals surface area contributed by atoms with Crippen molar-refractivity contribution in [2.45, 2.75) is 11.8 Å². The number of hydrogen-bond acceptors (Lipinski definition) is 3. The molecule has 0 saturated heterocycles. The number of H-pyrrole nitrogens is 1. The van der Waals surface area contributed by atoms with Gasteiger partial charge in [0.1, 0.15) is 0 Å². The lowest BCUT2D eigenvalue weighted by Crippen LogP contribution is -1.99. The lowest BCUT2D eigenvalue weighted by atomic mass is 10.2. The minimum Gasteiger partial charge on any atom is -0.330 e. The van der Waals surface area contributed by atoms with E-state index in [9.17, 15) is 8.42 Å². The maximum Gasteiger partial charge on any atom is 0.182 e. The molecule has 1 aromatic heterocycles. The number of imidazole rings is 1. The molecule has 0 aliphatic rings. The highest BCUT2D eigenvalue weighted by Gasteiger charge is 2.11. The number of hydrogen-bond donors (Lipinski definition) is 1. The Hall–Kier alpha value is -1.92. The number of benzene rings is 2. The monoisotopic (exact) mass is 318 g/mol. The minimum atomic E-state index is -3.19. The molecule has 1 N–H and O–H groups in total. The summed E-state index contributed by atoms with van der Waals surface area (Å²) in [6.07, 6.45) is 1.20. The lowest BCUT2D eigenvalue weighted by Gasteiger charge is -2.07. The van der Waals surface area contributed by atoms with Crippen molar-refractivity contribution >= 4 is 33.1 Å². The van der Waals surface area contributed by atoms with Crippen molar-refractivity contribution in [2.75, 3.05) is 6.26 Å². The quantitative estimate of drug-likeness (QED) is 0.737. The Morgan fingerprint density at radius 3 is 2.38 bits per heavy atom. The molecule has 21 heavy (non-hydrogen) atoms. The van der Waals surface area contributed by atoms with Crippen molar-refractivity contribution in [3.05, 3.63) is 52.8 Å². The van der Waals surface area contributed by atoms with Crippen molar-refractivity contribution in [3.8, 4) is 5.69 Å². The Kier molecular flexibility index (Phi) is 3.22. The number of fused-ring (bicyclic) bond motifs is 1. The molecule has 0 spiro atoms. The fourth-order valence-corrected chi connectivity index (χ4v) is 3.36. The van der Waals surface area contributed by atoms with Crippen LogP contribution in [0.3, 0.4) is 0 Å². The number of nitrogens with zero attached hydrogens (tertiary/aromatic N) is 1. The van der Waals surface area contributed by atoms with Gasteiger partial charge in [-0.25, -0.2) is 8.42 Å². The summed E-state index contributed by atoms with van der Waals surface area (Å²) < 4.78 is 25.6. The first kappa shape index (κ1) is 14.0. The van der Waals surface area contributed by atoms with Crippen LogP contribution in [0, 0.1) is 11.7 Å². The number of rotatable bonds is 2. The normalized spacial score (nSPS) is 11.9. The Morgan fingerprint density at radius 1 is 1.10 bits per heavy atom. The summed E-state index contributed by atoms with van der Waals surface area (Å²) in [5.74, 6) is 0. The highest BCUT2D eigenvalue weighted by Crippen LogP contribution is 2.23. The molecule has 4 nitrogen and oxygen atoms in total. The van der Waals surface area contributed by atoms with Crippen molar-refractivity contribution in [1.82, 2.24) is 9.55 Å². The third-order valence-corrected chi connectivity index (χ3v) is 4.84. The van der Waals surface area contributed by atoms with E-state index in [0.717, 1.165) is 22.3 Å². The zero-order valence-corrected chi connectivity index (χ0v) is 13.3. The largest absolute Gasteiger partial charge is 0.330 e. The Balaban J connectivity index is 2.26. The molecular weight excluding hydrogens is 304 g/mol. The average Bonchev–Trinajstić information content (AvgIpc) is 2.75. The molecule has 2 aromatic carbocycles. The van der Waals surface area contributed by atoms with Gasteiger partial charge in [0.25, 0.3) is 0 Å². The second kappa shape index (κ2) is 4.82. The van der Waals surface area contributed by atoms with Crippen LogP contribution < -0.4 is 0 Å². The van der Waals surface area contributed by atoms with Crippen LogP contribution in [-0.4, -0.2) is 24.2 Å². The van der Waals surface area contributed by atoms with Crippen LogP contribution >= 0.6 is 12.2 Å². The fourth-order valence-electron chi connectivity index (χ4n) is 2.42. The minimum absolute atomic E-state index is 0.300. The van der Waals surface area contributed by atoms with Gasteiger partial charge >= 0.3 is 0 Å². The second-order valence-corrected chi connectivity index (χ2v) is 7.41. The van der Waals surface area contributed by atoms with Gasteiger partial charge in [0, 0.05) is 11.9 Å². The van der Waals surface area contributed by atoms with Crippen LogP contribution in [-0.2, 0) is 9.84 Å². The first-order valence-electron chi connectivity index (χ1n) is 6.39. The highest BCUT2D eigenvalue weighted by atomic mass is 32.2. The SMILES string of the molecule is Cc1cccc2[nH]c(=S)n(-c3ccc(S(C)(=O)=O)cc3)c12. The van der Waals surface area contributed by atoms with Crippen molar-refractivity contribution < 1.29 is 8.42 Å². The molecule has 0 aliphatic heterocycles. The van der Waals surface area contributed by atoms with Gasteiger partial charge in [-0.3, -0.25) is 4.57 Å². The highest BCUT2D eigenvalue weighted by molar-refractivity contribution is 7.90. The molecule has 3 aromatic rings. The number of aryl methyl sites for hydroxylation is 1. The molecule has 3 rings (SSSR count).